The van der Waals surface area contributed by atoms with Crippen LogP contribution in [-0.4, -0.2) is 4.83 Å². The lowest BCUT2D eigenvalue weighted by Gasteiger charge is -2.11. The van der Waals surface area contributed by atoms with E-state index in [4.69, 9.17) is 0 Å². The standard InChI is InChI=1S/C9H19Br/c1-4-5-6-8(2)7-9(3)10/h8-9H,4-7H2,1-3H3. The van der Waals surface area contributed by atoms with Crippen molar-refractivity contribution in [3.8, 4) is 0 Å². The van der Waals surface area contributed by atoms with Gasteiger partial charge in [0.15, 0.2) is 0 Å². The number of hydrogen-bond acceptors (Lipinski definition) is 0. The van der Waals surface area contributed by atoms with Crippen molar-refractivity contribution in [1.29, 1.82) is 0 Å². The first-order chi connectivity index (χ1) is 4.66. The minimum absolute atomic E-state index is 0.694. The van der Waals surface area contributed by atoms with Gasteiger partial charge in [0.25, 0.3) is 0 Å². The summed E-state index contributed by atoms with van der Waals surface area (Å²) in [7, 11) is 0. The molecule has 0 amide bonds. The highest BCUT2D eigenvalue weighted by atomic mass is 79.9. The van der Waals surface area contributed by atoms with Crippen molar-refractivity contribution in [1.82, 2.24) is 0 Å². The Morgan fingerprint density at radius 1 is 1.30 bits per heavy atom. The second kappa shape index (κ2) is 6.21. The first kappa shape index (κ1) is 10.5. The molecule has 10 heavy (non-hydrogen) atoms. The van der Waals surface area contributed by atoms with Crippen molar-refractivity contribution in [2.24, 2.45) is 5.92 Å². The maximum atomic E-state index is 3.57. The minimum atomic E-state index is 0.694. The zero-order chi connectivity index (χ0) is 7.98. The highest BCUT2D eigenvalue weighted by Crippen LogP contribution is 2.17. The molecule has 0 saturated heterocycles. The van der Waals surface area contributed by atoms with Gasteiger partial charge >= 0.3 is 0 Å². The molecule has 0 rings (SSSR count). The molecule has 1 heteroatoms. The molecular formula is C9H19Br. The molecule has 0 bridgehead atoms. The molecule has 0 nitrogen and oxygen atoms in total. The van der Waals surface area contributed by atoms with Gasteiger partial charge in [-0.15, -0.1) is 0 Å². The van der Waals surface area contributed by atoms with Gasteiger partial charge in [-0.05, 0) is 12.3 Å². The molecule has 62 valence electrons. The molecule has 0 aromatic carbocycles. The van der Waals surface area contributed by atoms with Gasteiger partial charge in [0.2, 0.25) is 0 Å². The lowest BCUT2D eigenvalue weighted by atomic mass is 10.00. The number of rotatable bonds is 5. The fourth-order valence-corrected chi connectivity index (χ4v) is 1.86. The third-order valence-corrected chi connectivity index (χ3v) is 2.15. The van der Waals surface area contributed by atoms with E-state index in [2.05, 4.69) is 36.7 Å². The second-order valence-electron chi connectivity index (χ2n) is 3.26. The van der Waals surface area contributed by atoms with Crippen LogP contribution in [0.3, 0.4) is 0 Å². The van der Waals surface area contributed by atoms with E-state index in [9.17, 15) is 0 Å². The monoisotopic (exact) mass is 206 g/mol. The average molecular weight is 207 g/mol. The van der Waals surface area contributed by atoms with Crippen LogP contribution in [0, 0.1) is 5.92 Å². The van der Waals surface area contributed by atoms with E-state index in [1.54, 1.807) is 0 Å². The van der Waals surface area contributed by atoms with Crippen LogP contribution in [0.4, 0.5) is 0 Å². The smallest absolute Gasteiger partial charge is 0.0120 e. The summed E-state index contributed by atoms with van der Waals surface area (Å²) in [5, 5.41) is 0. The highest BCUT2D eigenvalue weighted by Gasteiger charge is 2.04. The Bertz CT molecular complexity index is 69.1. The van der Waals surface area contributed by atoms with E-state index in [0.717, 1.165) is 5.92 Å². The summed E-state index contributed by atoms with van der Waals surface area (Å²) in [5.74, 6) is 0.898. The minimum Gasteiger partial charge on any atom is -0.0894 e. The molecule has 0 spiro atoms. The molecule has 0 N–H and O–H groups in total. The van der Waals surface area contributed by atoms with Crippen molar-refractivity contribution >= 4 is 15.9 Å². The SMILES string of the molecule is CCCCC(C)CC(C)Br. The highest BCUT2D eigenvalue weighted by molar-refractivity contribution is 9.09. The molecular weight excluding hydrogens is 188 g/mol. The van der Waals surface area contributed by atoms with Gasteiger partial charge in [0, 0.05) is 4.83 Å². The molecule has 0 radical (unpaired) electrons. The second-order valence-corrected chi connectivity index (χ2v) is 4.83. The fourth-order valence-electron chi connectivity index (χ4n) is 1.22. The van der Waals surface area contributed by atoms with Gasteiger partial charge in [-0.3, -0.25) is 0 Å². The Balaban J connectivity index is 3.16. The lowest BCUT2D eigenvalue weighted by molar-refractivity contribution is 0.474. The quantitative estimate of drug-likeness (QED) is 0.598. The number of hydrogen-bond donors (Lipinski definition) is 0. The molecule has 0 aliphatic carbocycles. The number of alkyl halides is 1. The predicted molar refractivity (Wildman–Crippen MR) is 51.7 cm³/mol. The Kier molecular flexibility index (Phi) is 6.50. The summed E-state index contributed by atoms with van der Waals surface area (Å²) in [4.78, 5) is 0.694. The van der Waals surface area contributed by atoms with Crippen molar-refractivity contribution < 1.29 is 0 Å². The first-order valence-corrected chi connectivity index (χ1v) is 5.22. The lowest BCUT2D eigenvalue weighted by Crippen LogP contribution is -2.01. The Morgan fingerprint density at radius 3 is 2.30 bits per heavy atom. The van der Waals surface area contributed by atoms with Gasteiger partial charge in [0.05, 0.1) is 0 Å². The third kappa shape index (κ3) is 6.60. The van der Waals surface area contributed by atoms with Crippen LogP contribution in [0.1, 0.15) is 46.5 Å². The first-order valence-electron chi connectivity index (χ1n) is 4.30. The molecule has 0 aromatic heterocycles. The van der Waals surface area contributed by atoms with Gasteiger partial charge in [0.1, 0.15) is 0 Å². The van der Waals surface area contributed by atoms with Crippen LogP contribution in [-0.2, 0) is 0 Å². The van der Waals surface area contributed by atoms with E-state index in [1.165, 1.54) is 25.7 Å². The van der Waals surface area contributed by atoms with Crippen LogP contribution < -0.4 is 0 Å². The molecule has 0 aliphatic rings. The van der Waals surface area contributed by atoms with Crippen molar-refractivity contribution in [2.75, 3.05) is 0 Å². The molecule has 0 saturated carbocycles. The normalized spacial score (nSPS) is 16.8. The largest absolute Gasteiger partial charge is 0.0894 e. The van der Waals surface area contributed by atoms with Crippen molar-refractivity contribution in [3.05, 3.63) is 0 Å². The summed E-state index contributed by atoms with van der Waals surface area (Å²) in [5.41, 5.74) is 0. The van der Waals surface area contributed by atoms with E-state index in [0.29, 0.717) is 4.83 Å². The summed E-state index contributed by atoms with van der Waals surface area (Å²) >= 11 is 3.57. The average Bonchev–Trinajstić information content (AvgIpc) is 1.82. The van der Waals surface area contributed by atoms with Gasteiger partial charge in [-0.1, -0.05) is 56.0 Å². The number of halogens is 1. The molecule has 0 heterocycles. The predicted octanol–water partition coefficient (Wildman–Crippen LogP) is 3.99. The molecule has 0 aromatic rings. The summed E-state index contributed by atoms with van der Waals surface area (Å²) < 4.78 is 0. The van der Waals surface area contributed by atoms with Crippen LogP contribution in [0.5, 0.6) is 0 Å². The maximum Gasteiger partial charge on any atom is 0.0120 e. The Labute approximate surface area is 73.5 Å². The van der Waals surface area contributed by atoms with Gasteiger partial charge < -0.3 is 0 Å². The molecule has 2 unspecified atom stereocenters. The zero-order valence-electron chi connectivity index (χ0n) is 7.36. The van der Waals surface area contributed by atoms with Crippen molar-refractivity contribution in [3.63, 3.8) is 0 Å². The van der Waals surface area contributed by atoms with E-state index in [-0.39, 0.29) is 0 Å². The summed E-state index contributed by atoms with van der Waals surface area (Å²) in [6.45, 7) is 6.82. The maximum absolute atomic E-state index is 3.57. The Hall–Kier alpha value is 0.480. The van der Waals surface area contributed by atoms with Gasteiger partial charge in [-0.2, -0.15) is 0 Å². The van der Waals surface area contributed by atoms with Crippen LogP contribution in [0.2, 0.25) is 0 Å². The molecule has 2 atom stereocenters. The van der Waals surface area contributed by atoms with Crippen LogP contribution in [0.25, 0.3) is 0 Å². The van der Waals surface area contributed by atoms with Crippen LogP contribution in [0.15, 0.2) is 0 Å². The third-order valence-electron chi connectivity index (χ3n) is 1.78. The van der Waals surface area contributed by atoms with E-state index >= 15 is 0 Å². The molecule has 0 aliphatic heterocycles. The summed E-state index contributed by atoms with van der Waals surface area (Å²) in [6.07, 6.45) is 5.44. The number of unbranched alkanes of at least 4 members (excludes halogenated alkanes) is 1. The molecule has 0 fully saturated rings. The van der Waals surface area contributed by atoms with Crippen molar-refractivity contribution in [2.45, 2.75) is 51.3 Å². The van der Waals surface area contributed by atoms with Gasteiger partial charge in [-0.25, -0.2) is 0 Å². The van der Waals surface area contributed by atoms with E-state index < -0.39 is 0 Å². The Morgan fingerprint density at radius 2 is 1.90 bits per heavy atom. The van der Waals surface area contributed by atoms with Crippen LogP contribution >= 0.6 is 15.9 Å². The summed E-state index contributed by atoms with van der Waals surface area (Å²) in [6, 6.07) is 0. The topological polar surface area (TPSA) is 0 Å². The van der Waals surface area contributed by atoms with E-state index in [1.807, 2.05) is 0 Å². The zero-order valence-corrected chi connectivity index (χ0v) is 8.95. The fraction of sp³-hybridized carbons (Fsp3) is 1.00.